The molecule has 2 rings (SSSR count). The molecule has 1 heterocycles. The number of ether oxygens (including phenoxy) is 1. The minimum absolute atomic E-state index is 0.0331. The molecule has 2 N–H and O–H groups in total. The van der Waals surface area contributed by atoms with Crippen LogP contribution in [0, 0.1) is 0 Å². The number of hydrogen-bond donors (Lipinski definition) is 1. The third-order valence-corrected chi connectivity index (χ3v) is 4.67. The number of sulfonamides is 1. The summed E-state index contributed by atoms with van der Waals surface area (Å²) in [5.41, 5.74) is 6.07. The first-order chi connectivity index (χ1) is 9.37. The number of methoxy groups -OCH3 is 1. The van der Waals surface area contributed by atoms with Crippen molar-refractivity contribution in [3.8, 4) is 5.75 Å². The first kappa shape index (κ1) is 14.2. The van der Waals surface area contributed by atoms with Crippen molar-refractivity contribution in [2.45, 2.75) is 4.90 Å². The highest BCUT2D eigenvalue weighted by molar-refractivity contribution is 7.93. The molecule has 0 spiro atoms. The minimum Gasteiger partial charge on any atom is -0.495 e. The Morgan fingerprint density at radius 2 is 2.00 bits per heavy atom. The van der Waals surface area contributed by atoms with Crippen molar-refractivity contribution < 1.29 is 13.2 Å². The molecule has 1 aromatic heterocycles. The van der Waals surface area contributed by atoms with Gasteiger partial charge in [-0.15, -0.1) is 0 Å². The van der Waals surface area contributed by atoms with Crippen LogP contribution in [0.2, 0.25) is 0 Å². The Labute approximate surface area is 117 Å². The Balaban J connectivity index is 2.52. The van der Waals surface area contributed by atoms with Crippen LogP contribution in [0.25, 0.3) is 0 Å². The SMILES string of the molecule is COc1ccccc1N(C)S(=O)(=O)c1cn(C)nc1N. The predicted molar refractivity (Wildman–Crippen MR) is 76.2 cm³/mol. The lowest BCUT2D eigenvalue weighted by Crippen LogP contribution is -2.27. The van der Waals surface area contributed by atoms with Gasteiger partial charge in [-0.05, 0) is 12.1 Å². The maximum Gasteiger partial charge on any atom is 0.269 e. The highest BCUT2D eigenvalue weighted by atomic mass is 32.2. The summed E-state index contributed by atoms with van der Waals surface area (Å²) in [5.74, 6) is 0.426. The molecule has 0 saturated heterocycles. The average molecular weight is 296 g/mol. The summed E-state index contributed by atoms with van der Waals surface area (Å²) >= 11 is 0. The molecule has 0 amide bonds. The Morgan fingerprint density at radius 3 is 2.55 bits per heavy atom. The molecule has 2 aromatic rings. The van der Waals surface area contributed by atoms with Gasteiger partial charge in [-0.3, -0.25) is 8.99 Å². The van der Waals surface area contributed by atoms with Gasteiger partial charge < -0.3 is 10.5 Å². The number of nitrogens with two attached hydrogens (primary N) is 1. The fourth-order valence-corrected chi connectivity index (χ4v) is 3.15. The van der Waals surface area contributed by atoms with Crippen LogP contribution in [0.3, 0.4) is 0 Å². The van der Waals surface area contributed by atoms with Crippen LogP contribution in [-0.2, 0) is 17.1 Å². The number of benzene rings is 1. The van der Waals surface area contributed by atoms with Crippen LogP contribution < -0.4 is 14.8 Å². The number of nitrogens with zero attached hydrogens (tertiary/aromatic N) is 3. The second-order valence-electron chi connectivity index (χ2n) is 4.20. The van der Waals surface area contributed by atoms with E-state index >= 15 is 0 Å². The molecule has 1 aromatic carbocycles. The lowest BCUT2D eigenvalue weighted by molar-refractivity contribution is 0.416. The monoisotopic (exact) mass is 296 g/mol. The quantitative estimate of drug-likeness (QED) is 0.902. The first-order valence-corrected chi connectivity index (χ1v) is 7.23. The van der Waals surface area contributed by atoms with Crippen LogP contribution in [0.5, 0.6) is 5.75 Å². The summed E-state index contributed by atoms with van der Waals surface area (Å²) in [7, 11) is 0.748. The van der Waals surface area contributed by atoms with Crippen molar-refractivity contribution in [2.75, 3.05) is 24.2 Å². The van der Waals surface area contributed by atoms with E-state index in [2.05, 4.69) is 5.10 Å². The molecule has 0 radical (unpaired) electrons. The lowest BCUT2D eigenvalue weighted by atomic mass is 10.3. The molecule has 7 nitrogen and oxygen atoms in total. The molecular weight excluding hydrogens is 280 g/mol. The van der Waals surface area contributed by atoms with Gasteiger partial charge in [0.05, 0.1) is 12.8 Å². The molecule has 8 heteroatoms. The van der Waals surface area contributed by atoms with Crippen molar-refractivity contribution in [1.29, 1.82) is 0 Å². The highest BCUT2D eigenvalue weighted by Crippen LogP contribution is 2.31. The van der Waals surface area contributed by atoms with E-state index in [1.165, 1.54) is 25.0 Å². The van der Waals surface area contributed by atoms with Crippen LogP contribution in [0.4, 0.5) is 11.5 Å². The third kappa shape index (κ3) is 2.29. The second kappa shape index (κ2) is 5.04. The third-order valence-electron chi connectivity index (χ3n) is 2.88. The topological polar surface area (TPSA) is 90.5 Å². The average Bonchev–Trinajstić information content (AvgIpc) is 2.77. The largest absolute Gasteiger partial charge is 0.495 e. The molecule has 0 saturated carbocycles. The summed E-state index contributed by atoms with van der Waals surface area (Å²) in [6.07, 6.45) is 1.37. The molecule has 0 atom stereocenters. The van der Waals surface area contributed by atoms with E-state index in [9.17, 15) is 8.42 Å². The van der Waals surface area contributed by atoms with Gasteiger partial charge in [0.1, 0.15) is 10.6 Å². The molecule has 0 fully saturated rings. The van der Waals surface area contributed by atoms with E-state index in [1.807, 2.05) is 0 Å². The number of rotatable bonds is 4. The van der Waals surface area contributed by atoms with Crippen molar-refractivity contribution in [1.82, 2.24) is 9.78 Å². The van der Waals surface area contributed by atoms with Gasteiger partial charge in [0.2, 0.25) is 0 Å². The maximum atomic E-state index is 12.6. The second-order valence-corrected chi connectivity index (χ2v) is 6.13. The van der Waals surface area contributed by atoms with Gasteiger partial charge in [0.25, 0.3) is 10.0 Å². The summed E-state index contributed by atoms with van der Waals surface area (Å²) < 4.78 is 32.8. The zero-order valence-electron chi connectivity index (χ0n) is 11.4. The van der Waals surface area contributed by atoms with Gasteiger partial charge in [-0.2, -0.15) is 5.10 Å². The molecule has 0 aliphatic rings. The van der Waals surface area contributed by atoms with Crippen LogP contribution >= 0.6 is 0 Å². The molecule has 0 bridgehead atoms. The fourth-order valence-electron chi connectivity index (χ4n) is 1.85. The van der Waals surface area contributed by atoms with Crippen LogP contribution in [-0.4, -0.2) is 32.4 Å². The fraction of sp³-hybridized carbons (Fsp3) is 0.250. The van der Waals surface area contributed by atoms with Crippen LogP contribution in [0.1, 0.15) is 0 Å². The normalized spacial score (nSPS) is 11.3. The molecule has 20 heavy (non-hydrogen) atoms. The number of anilines is 2. The Kier molecular flexibility index (Phi) is 3.58. The Bertz CT molecular complexity index is 724. The van der Waals surface area contributed by atoms with Crippen molar-refractivity contribution in [2.24, 2.45) is 7.05 Å². The smallest absolute Gasteiger partial charge is 0.269 e. The molecule has 0 unspecified atom stereocenters. The predicted octanol–water partition coefficient (Wildman–Crippen LogP) is 0.836. The summed E-state index contributed by atoms with van der Waals surface area (Å²) in [6.45, 7) is 0. The van der Waals surface area contributed by atoms with Crippen molar-refractivity contribution in [3.05, 3.63) is 30.5 Å². The lowest BCUT2D eigenvalue weighted by Gasteiger charge is -2.20. The Morgan fingerprint density at radius 1 is 1.35 bits per heavy atom. The molecular formula is C12H16N4O3S. The first-order valence-electron chi connectivity index (χ1n) is 5.79. The minimum atomic E-state index is -3.79. The van der Waals surface area contributed by atoms with Gasteiger partial charge in [-0.25, -0.2) is 8.42 Å². The number of para-hydroxylation sites is 2. The maximum absolute atomic E-state index is 12.6. The standard InChI is InChI=1S/C12H16N4O3S/c1-15-8-11(12(13)14-15)20(17,18)16(2)9-6-4-5-7-10(9)19-3/h4-8H,1-3H3,(H2,13,14). The van der Waals surface area contributed by atoms with E-state index in [-0.39, 0.29) is 10.7 Å². The van der Waals surface area contributed by atoms with E-state index in [0.29, 0.717) is 11.4 Å². The van der Waals surface area contributed by atoms with Gasteiger partial charge in [0, 0.05) is 20.3 Å². The zero-order chi connectivity index (χ0) is 14.9. The van der Waals surface area contributed by atoms with Gasteiger partial charge in [-0.1, -0.05) is 12.1 Å². The van der Waals surface area contributed by atoms with E-state index < -0.39 is 10.0 Å². The van der Waals surface area contributed by atoms with Crippen LogP contribution in [0.15, 0.2) is 35.4 Å². The number of nitrogen functional groups attached to an aromatic ring is 1. The summed E-state index contributed by atoms with van der Waals surface area (Å²) in [6, 6.07) is 6.84. The van der Waals surface area contributed by atoms with E-state index in [4.69, 9.17) is 10.5 Å². The summed E-state index contributed by atoms with van der Waals surface area (Å²) in [5, 5.41) is 3.85. The summed E-state index contributed by atoms with van der Waals surface area (Å²) in [4.78, 5) is -0.0339. The van der Waals surface area contributed by atoms with Crippen molar-refractivity contribution >= 4 is 21.5 Å². The molecule has 0 aliphatic heterocycles. The van der Waals surface area contributed by atoms with E-state index in [1.54, 1.807) is 31.3 Å². The van der Waals surface area contributed by atoms with Gasteiger partial charge >= 0.3 is 0 Å². The zero-order valence-corrected chi connectivity index (χ0v) is 12.3. The number of hydrogen-bond acceptors (Lipinski definition) is 5. The van der Waals surface area contributed by atoms with E-state index in [0.717, 1.165) is 4.31 Å². The molecule has 0 aliphatic carbocycles. The number of aromatic nitrogens is 2. The van der Waals surface area contributed by atoms with Gasteiger partial charge in [0.15, 0.2) is 5.82 Å². The number of aryl methyl sites for hydroxylation is 1. The van der Waals surface area contributed by atoms with Crippen molar-refractivity contribution in [3.63, 3.8) is 0 Å². The molecule has 108 valence electrons. The highest BCUT2D eigenvalue weighted by Gasteiger charge is 2.27. The Hall–Kier alpha value is -2.22.